The Morgan fingerprint density at radius 1 is 1.07 bits per heavy atom. The Balaban J connectivity index is 2.16. The number of carbonyl (C=O) groups excluding carboxylic acids is 2. The molecule has 0 radical (unpaired) electrons. The molecule has 29 heavy (non-hydrogen) atoms. The molecule has 0 N–H and O–H groups in total. The zero-order chi connectivity index (χ0) is 21.4. The number of sulfonamides is 1. The van der Waals surface area contributed by atoms with E-state index in [9.17, 15) is 18.0 Å². The van der Waals surface area contributed by atoms with Crippen LogP contribution in [0.2, 0.25) is 0 Å². The molecule has 1 saturated heterocycles. The first kappa shape index (κ1) is 21.0. The van der Waals surface area contributed by atoms with Gasteiger partial charge in [0.1, 0.15) is 0 Å². The minimum absolute atomic E-state index is 0.0310. The fourth-order valence-electron chi connectivity index (χ4n) is 3.80. The van der Waals surface area contributed by atoms with Crippen LogP contribution in [-0.4, -0.2) is 36.7 Å². The lowest BCUT2D eigenvalue weighted by Crippen LogP contribution is -2.55. The fraction of sp³-hybridized carbons (Fsp3) is 0.364. The molecule has 0 aliphatic carbocycles. The number of carbonyl (C=O) groups is 2. The zero-order valence-corrected chi connectivity index (χ0v) is 17.8. The quantitative estimate of drug-likeness (QED) is 0.700. The zero-order valence-electron chi connectivity index (χ0n) is 17.0. The molecule has 1 aliphatic heterocycles. The number of nitrogens with zero attached hydrogens (tertiary/aromatic N) is 1. The third-order valence-corrected chi connectivity index (χ3v) is 7.36. The van der Waals surface area contributed by atoms with E-state index in [0.29, 0.717) is 0 Å². The van der Waals surface area contributed by atoms with E-state index >= 15 is 0 Å². The summed E-state index contributed by atoms with van der Waals surface area (Å²) < 4.78 is 32.8. The van der Waals surface area contributed by atoms with E-state index in [4.69, 9.17) is 4.74 Å². The van der Waals surface area contributed by atoms with E-state index in [1.54, 1.807) is 19.1 Å². The van der Waals surface area contributed by atoms with Crippen molar-refractivity contribution < 1.29 is 22.7 Å². The average Bonchev–Trinajstić information content (AvgIpc) is 2.95. The highest BCUT2D eigenvalue weighted by molar-refractivity contribution is 7.89. The smallest absolute Gasteiger partial charge is 0.333 e. The Hall–Kier alpha value is -2.67. The molecule has 7 heteroatoms. The van der Waals surface area contributed by atoms with Gasteiger partial charge < -0.3 is 4.74 Å². The van der Waals surface area contributed by atoms with E-state index in [1.807, 2.05) is 38.1 Å². The molecule has 2 aromatic rings. The summed E-state index contributed by atoms with van der Waals surface area (Å²) in [5.74, 6) is -1.99. The largest absolute Gasteiger partial charge is 0.464 e. The number of rotatable bonds is 5. The molecule has 0 unspecified atom stereocenters. The lowest BCUT2D eigenvalue weighted by atomic mass is 9.81. The molecule has 2 atom stereocenters. The predicted octanol–water partition coefficient (Wildman–Crippen LogP) is 3.33. The summed E-state index contributed by atoms with van der Waals surface area (Å²) in [6.07, 6.45) is -0.0938. The van der Waals surface area contributed by atoms with Gasteiger partial charge >= 0.3 is 5.97 Å². The molecule has 0 aromatic heterocycles. The van der Waals surface area contributed by atoms with Crippen molar-refractivity contribution in [2.75, 3.05) is 6.61 Å². The number of esters is 1. The number of hydrogen-bond acceptors (Lipinski definition) is 5. The van der Waals surface area contributed by atoms with E-state index in [2.05, 4.69) is 0 Å². The maximum absolute atomic E-state index is 13.4. The van der Waals surface area contributed by atoms with Crippen molar-refractivity contribution in [3.8, 4) is 0 Å². The lowest BCUT2D eigenvalue weighted by Gasteiger charge is -2.36. The van der Waals surface area contributed by atoms with Gasteiger partial charge in [0.2, 0.25) is 5.91 Å². The van der Waals surface area contributed by atoms with Crippen LogP contribution in [0, 0.1) is 13.8 Å². The Kier molecular flexibility index (Phi) is 5.54. The summed E-state index contributed by atoms with van der Waals surface area (Å²) in [6, 6.07) is 13.6. The normalized spacial score (nSPS) is 22.0. The maximum Gasteiger partial charge on any atom is 0.333 e. The Morgan fingerprint density at radius 3 is 2.10 bits per heavy atom. The Morgan fingerprint density at radius 2 is 1.59 bits per heavy atom. The Bertz CT molecular complexity index is 1030. The van der Waals surface area contributed by atoms with Gasteiger partial charge in [-0.05, 0) is 45.4 Å². The van der Waals surface area contributed by atoms with E-state index in [0.717, 1.165) is 21.0 Å². The molecule has 1 amide bonds. The third-order valence-electron chi connectivity index (χ3n) is 5.43. The van der Waals surface area contributed by atoms with E-state index in [1.165, 1.54) is 19.1 Å². The molecule has 2 aromatic carbocycles. The minimum Gasteiger partial charge on any atom is -0.464 e. The molecule has 6 nitrogen and oxygen atoms in total. The molecular weight excluding hydrogens is 390 g/mol. The second kappa shape index (κ2) is 7.63. The number of aryl methyl sites for hydroxylation is 2. The predicted molar refractivity (Wildman–Crippen MR) is 109 cm³/mol. The fourth-order valence-corrected chi connectivity index (χ4v) is 5.53. The van der Waals surface area contributed by atoms with Gasteiger partial charge in [-0.2, -0.15) is 0 Å². The summed E-state index contributed by atoms with van der Waals surface area (Å²) in [5, 5.41) is 0. The standard InChI is InChI=1S/C22H25NO5S/c1-5-28-21(25)22(4)19(17-10-6-15(2)7-11-17)14-20(24)23(22)29(26,27)18-12-8-16(3)9-13-18/h6-13,19H,5,14H2,1-4H3/t19-,22+/m1/s1. The topological polar surface area (TPSA) is 80.8 Å². The highest BCUT2D eigenvalue weighted by atomic mass is 32.2. The van der Waals surface area contributed by atoms with Crippen molar-refractivity contribution in [1.29, 1.82) is 0 Å². The van der Waals surface area contributed by atoms with Crippen LogP contribution in [0.3, 0.4) is 0 Å². The molecule has 1 heterocycles. The molecular formula is C22H25NO5S. The van der Waals surface area contributed by atoms with Gasteiger partial charge in [0, 0.05) is 12.3 Å². The van der Waals surface area contributed by atoms with Crippen LogP contribution < -0.4 is 0 Å². The number of benzene rings is 2. The minimum atomic E-state index is -4.24. The van der Waals surface area contributed by atoms with Gasteiger partial charge in [-0.1, -0.05) is 47.5 Å². The first-order valence-corrected chi connectivity index (χ1v) is 10.9. The molecule has 0 bridgehead atoms. The van der Waals surface area contributed by atoms with E-state index < -0.39 is 33.4 Å². The van der Waals surface area contributed by atoms with Crippen LogP contribution in [0.25, 0.3) is 0 Å². The number of amides is 1. The van der Waals surface area contributed by atoms with Gasteiger partial charge in [-0.3, -0.25) is 4.79 Å². The summed E-state index contributed by atoms with van der Waals surface area (Å²) in [7, 11) is -4.24. The van der Waals surface area contributed by atoms with Gasteiger partial charge in [0.25, 0.3) is 10.0 Å². The second-order valence-corrected chi connectivity index (χ2v) is 9.30. The summed E-state index contributed by atoms with van der Waals surface area (Å²) in [6.45, 7) is 6.99. The number of ether oxygens (including phenoxy) is 1. The van der Waals surface area contributed by atoms with Crippen LogP contribution in [0.15, 0.2) is 53.4 Å². The lowest BCUT2D eigenvalue weighted by molar-refractivity contribution is -0.155. The molecule has 3 rings (SSSR count). The van der Waals surface area contributed by atoms with Crippen LogP contribution in [-0.2, 0) is 24.3 Å². The van der Waals surface area contributed by atoms with Crippen molar-refractivity contribution >= 4 is 21.9 Å². The second-order valence-electron chi connectivity index (χ2n) is 7.51. The Labute approximate surface area is 171 Å². The first-order valence-electron chi connectivity index (χ1n) is 9.51. The molecule has 154 valence electrons. The van der Waals surface area contributed by atoms with Crippen molar-refractivity contribution in [2.45, 2.75) is 50.5 Å². The molecule has 1 fully saturated rings. The average molecular weight is 416 g/mol. The van der Waals surface area contributed by atoms with Crippen molar-refractivity contribution in [1.82, 2.24) is 4.31 Å². The van der Waals surface area contributed by atoms with Gasteiger partial charge in [0.05, 0.1) is 11.5 Å². The van der Waals surface area contributed by atoms with Crippen LogP contribution in [0.4, 0.5) is 0 Å². The van der Waals surface area contributed by atoms with E-state index in [-0.39, 0.29) is 17.9 Å². The van der Waals surface area contributed by atoms with Gasteiger partial charge in [0.15, 0.2) is 5.54 Å². The summed E-state index contributed by atoms with van der Waals surface area (Å²) >= 11 is 0. The van der Waals surface area contributed by atoms with Gasteiger partial charge in [-0.15, -0.1) is 0 Å². The number of hydrogen-bond donors (Lipinski definition) is 0. The van der Waals surface area contributed by atoms with Crippen LogP contribution >= 0.6 is 0 Å². The van der Waals surface area contributed by atoms with Crippen LogP contribution in [0.1, 0.15) is 42.9 Å². The SMILES string of the molecule is CCOC(=O)[C@]1(C)[C@@H](c2ccc(C)cc2)CC(=O)N1S(=O)(=O)c1ccc(C)cc1. The molecule has 1 aliphatic rings. The maximum atomic E-state index is 13.4. The third kappa shape index (κ3) is 3.55. The monoisotopic (exact) mass is 415 g/mol. The van der Waals surface area contributed by atoms with Crippen molar-refractivity contribution in [3.05, 3.63) is 65.2 Å². The van der Waals surface area contributed by atoms with Crippen molar-refractivity contribution in [2.24, 2.45) is 0 Å². The summed E-state index contributed by atoms with van der Waals surface area (Å²) in [5.41, 5.74) is 0.968. The van der Waals surface area contributed by atoms with Crippen molar-refractivity contribution in [3.63, 3.8) is 0 Å². The highest BCUT2D eigenvalue weighted by Gasteiger charge is 2.60. The first-order chi connectivity index (χ1) is 13.6. The summed E-state index contributed by atoms with van der Waals surface area (Å²) in [4.78, 5) is 26.0. The molecule has 0 saturated carbocycles. The van der Waals surface area contributed by atoms with Crippen LogP contribution in [0.5, 0.6) is 0 Å². The van der Waals surface area contributed by atoms with Gasteiger partial charge in [-0.25, -0.2) is 17.5 Å². The molecule has 0 spiro atoms. The highest BCUT2D eigenvalue weighted by Crippen LogP contribution is 2.46.